The maximum Gasteiger partial charge on any atom is 0.0562 e. The standard InChI is InChI=1S/C13H23N3S/c1-4-6-14-11-12-10-13(5-7-15-12)16(2)8-9-17-3/h5,7,10,14H,4,6,8-9,11H2,1-3H3. The third-order valence-electron chi connectivity index (χ3n) is 2.60. The smallest absolute Gasteiger partial charge is 0.0562 e. The molecule has 17 heavy (non-hydrogen) atoms. The molecule has 3 nitrogen and oxygen atoms in total. The van der Waals surface area contributed by atoms with Gasteiger partial charge < -0.3 is 10.2 Å². The molecule has 0 aliphatic rings. The highest BCUT2D eigenvalue weighted by atomic mass is 32.2. The van der Waals surface area contributed by atoms with Crippen LogP contribution >= 0.6 is 11.8 Å². The lowest BCUT2D eigenvalue weighted by atomic mass is 10.3. The van der Waals surface area contributed by atoms with E-state index in [4.69, 9.17) is 0 Å². The van der Waals surface area contributed by atoms with Gasteiger partial charge >= 0.3 is 0 Å². The second kappa shape index (κ2) is 8.37. The molecule has 0 aliphatic carbocycles. The molecule has 0 radical (unpaired) electrons. The highest BCUT2D eigenvalue weighted by Gasteiger charge is 2.02. The summed E-state index contributed by atoms with van der Waals surface area (Å²) in [7, 11) is 2.13. The van der Waals surface area contributed by atoms with Crippen LogP contribution in [-0.2, 0) is 6.54 Å². The molecule has 96 valence electrons. The summed E-state index contributed by atoms with van der Waals surface area (Å²) in [5.41, 5.74) is 2.37. The van der Waals surface area contributed by atoms with Gasteiger partial charge in [-0.25, -0.2) is 0 Å². The van der Waals surface area contributed by atoms with E-state index in [1.54, 1.807) is 0 Å². The number of nitrogens with one attached hydrogen (secondary N) is 1. The number of pyridine rings is 1. The maximum atomic E-state index is 4.38. The highest BCUT2D eigenvalue weighted by Crippen LogP contribution is 2.13. The van der Waals surface area contributed by atoms with Crippen LogP contribution in [0.4, 0.5) is 5.69 Å². The van der Waals surface area contributed by atoms with Gasteiger partial charge in [-0.1, -0.05) is 6.92 Å². The van der Waals surface area contributed by atoms with E-state index in [0.29, 0.717) is 0 Å². The Morgan fingerprint density at radius 3 is 3.00 bits per heavy atom. The van der Waals surface area contributed by atoms with Gasteiger partial charge in [0, 0.05) is 37.8 Å². The maximum absolute atomic E-state index is 4.38. The third-order valence-corrected chi connectivity index (χ3v) is 3.20. The van der Waals surface area contributed by atoms with Crippen LogP contribution < -0.4 is 10.2 Å². The molecule has 0 amide bonds. The largest absolute Gasteiger partial charge is 0.374 e. The molecule has 0 fully saturated rings. The summed E-state index contributed by atoms with van der Waals surface area (Å²) in [6.07, 6.45) is 5.20. The van der Waals surface area contributed by atoms with Crippen LogP contribution in [-0.4, -0.2) is 37.1 Å². The van der Waals surface area contributed by atoms with Gasteiger partial charge in [-0.2, -0.15) is 11.8 Å². The van der Waals surface area contributed by atoms with Crippen molar-refractivity contribution in [3.8, 4) is 0 Å². The Kier molecular flexibility index (Phi) is 7.05. The molecule has 0 bridgehead atoms. The van der Waals surface area contributed by atoms with Crippen LogP contribution in [0.1, 0.15) is 19.0 Å². The number of nitrogens with zero attached hydrogens (tertiary/aromatic N) is 2. The molecule has 4 heteroatoms. The van der Waals surface area contributed by atoms with Crippen LogP contribution in [0.2, 0.25) is 0 Å². The summed E-state index contributed by atoms with van der Waals surface area (Å²) in [6, 6.07) is 4.24. The summed E-state index contributed by atoms with van der Waals surface area (Å²) in [6.45, 7) is 5.16. The quantitative estimate of drug-likeness (QED) is 0.720. The fraction of sp³-hybridized carbons (Fsp3) is 0.615. The van der Waals surface area contributed by atoms with Crippen molar-refractivity contribution >= 4 is 17.4 Å². The second-order valence-corrected chi connectivity index (χ2v) is 5.08. The van der Waals surface area contributed by atoms with E-state index in [-0.39, 0.29) is 0 Å². The van der Waals surface area contributed by atoms with Crippen LogP contribution in [0.15, 0.2) is 18.3 Å². The van der Waals surface area contributed by atoms with E-state index in [0.717, 1.165) is 37.5 Å². The van der Waals surface area contributed by atoms with E-state index in [9.17, 15) is 0 Å². The number of anilines is 1. The molecular weight excluding hydrogens is 230 g/mol. The van der Waals surface area contributed by atoms with E-state index in [1.807, 2.05) is 18.0 Å². The fourth-order valence-corrected chi connectivity index (χ4v) is 2.01. The zero-order valence-electron chi connectivity index (χ0n) is 11.1. The summed E-state index contributed by atoms with van der Waals surface area (Å²) in [4.78, 5) is 6.66. The lowest BCUT2D eigenvalue weighted by molar-refractivity contribution is 0.664. The van der Waals surface area contributed by atoms with Gasteiger partial charge in [0.15, 0.2) is 0 Å². The molecule has 0 atom stereocenters. The Morgan fingerprint density at radius 2 is 2.29 bits per heavy atom. The van der Waals surface area contributed by atoms with Crippen LogP contribution in [0.25, 0.3) is 0 Å². The first-order valence-corrected chi connectivity index (χ1v) is 7.53. The molecule has 0 saturated carbocycles. The normalized spacial score (nSPS) is 10.5. The number of hydrogen-bond acceptors (Lipinski definition) is 4. The Morgan fingerprint density at radius 1 is 1.47 bits per heavy atom. The Hall–Kier alpha value is -0.740. The average Bonchev–Trinajstić information content (AvgIpc) is 2.36. The molecule has 0 saturated heterocycles. The predicted octanol–water partition coefficient (Wildman–Crippen LogP) is 2.38. The zero-order valence-corrected chi connectivity index (χ0v) is 11.9. The van der Waals surface area contributed by atoms with E-state index in [1.165, 1.54) is 5.69 Å². The lowest BCUT2D eigenvalue weighted by Crippen LogP contribution is -2.21. The molecule has 0 spiro atoms. The van der Waals surface area contributed by atoms with Crippen LogP contribution in [0.3, 0.4) is 0 Å². The van der Waals surface area contributed by atoms with Gasteiger partial charge in [0.1, 0.15) is 0 Å². The fourth-order valence-electron chi connectivity index (χ4n) is 1.55. The van der Waals surface area contributed by atoms with Crippen molar-refractivity contribution in [1.29, 1.82) is 0 Å². The third kappa shape index (κ3) is 5.41. The number of thioether (sulfide) groups is 1. The predicted molar refractivity (Wildman–Crippen MR) is 77.9 cm³/mol. The zero-order chi connectivity index (χ0) is 12.5. The van der Waals surface area contributed by atoms with E-state index >= 15 is 0 Å². The number of rotatable bonds is 8. The molecule has 1 N–H and O–H groups in total. The SMILES string of the molecule is CCCNCc1cc(N(C)CCSC)ccn1. The summed E-state index contributed by atoms with van der Waals surface area (Å²) < 4.78 is 0. The molecule has 0 unspecified atom stereocenters. The highest BCUT2D eigenvalue weighted by molar-refractivity contribution is 7.98. The molecule has 1 aromatic rings. The van der Waals surface area contributed by atoms with Crippen LogP contribution in [0, 0.1) is 0 Å². The number of hydrogen-bond donors (Lipinski definition) is 1. The van der Waals surface area contributed by atoms with Gasteiger partial charge in [0.25, 0.3) is 0 Å². The second-order valence-electron chi connectivity index (χ2n) is 4.10. The molecule has 0 aliphatic heterocycles. The van der Waals surface area contributed by atoms with Gasteiger partial charge in [-0.05, 0) is 31.4 Å². The van der Waals surface area contributed by atoms with Gasteiger partial charge in [-0.3, -0.25) is 4.98 Å². The summed E-state index contributed by atoms with van der Waals surface area (Å²) in [5, 5.41) is 3.38. The first kappa shape index (κ1) is 14.3. The van der Waals surface area contributed by atoms with Crippen molar-refractivity contribution in [2.45, 2.75) is 19.9 Å². The number of aromatic nitrogens is 1. The summed E-state index contributed by atoms with van der Waals surface area (Å²) in [5.74, 6) is 1.16. The van der Waals surface area contributed by atoms with Gasteiger partial charge in [-0.15, -0.1) is 0 Å². The first-order chi connectivity index (χ1) is 8.27. The van der Waals surface area contributed by atoms with Crippen molar-refractivity contribution in [3.63, 3.8) is 0 Å². The Balaban J connectivity index is 2.52. The molecule has 0 aromatic carbocycles. The molecule has 1 aromatic heterocycles. The topological polar surface area (TPSA) is 28.2 Å². The first-order valence-electron chi connectivity index (χ1n) is 6.13. The van der Waals surface area contributed by atoms with Crippen molar-refractivity contribution < 1.29 is 0 Å². The minimum atomic E-state index is 0.859. The van der Waals surface area contributed by atoms with Crippen molar-refractivity contribution in [2.24, 2.45) is 0 Å². The molecular formula is C13H23N3S. The summed E-state index contributed by atoms with van der Waals surface area (Å²) >= 11 is 1.88. The van der Waals surface area contributed by atoms with E-state index in [2.05, 4.69) is 47.6 Å². The van der Waals surface area contributed by atoms with Gasteiger partial charge in [0.2, 0.25) is 0 Å². The molecule has 1 rings (SSSR count). The minimum absolute atomic E-state index is 0.859. The van der Waals surface area contributed by atoms with Gasteiger partial charge in [0.05, 0.1) is 5.69 Å². The molecule has 1 heterocycles. The van der Waals surface area contributed by atoms with Crippen molar-refractivity contribution in [1.82, 2.24) is 10.3 Å². The Labute approximate surface area is 109 Å². The van der Waals surface area contributed by atoms with Crippen molar-refractivity contribution in [3.05, 3.63) is 24.0 Å². The average molecular weight is 253 g/mol. The monoisotopic (exact) mass is 253 g/mol. The van der Waals surface area contributed by atoms with Crippen molar-refractivity contribution in [2.75, 3.05) is 37.0 Å². The van der Waals surface area contributed by atoms with E-state index < -0.39 is 0 Å². The lowest BCUT2D eigenvalue weighted by Gasteiger charge is -2.19. The minimum Gasteiger partial charge on any atom is -0.374 e. The van der Waals surface area contributed by atoms with Crippen LogP contribution in [0.5, 0.6) is 0 Å². The Bertz CT molecular complexity index is 317.